The molecule has 144 valence electrons. The molecule has 0 heterocycles. The van der Waals surface area contributed by atoms with Crippen LogP contribution in [-0.2, 0) is 19.6 Å². The van der Waals surface area contributed by atoms with E-state index in [2.05, 4.69) is 4.72 Å². The number of esters is 1. The molecule has 0 aliphatic rings. The van der Waals surface area contributed by atoms with Crippen molar-refractivity contribution >= 4 is 27.5 Å². The third-order valence-electron chi connectivity index (χ3n) is 3.59. The first kappa shape index (κ1) is 20.4. The van der Waals surface area contributed by atoms with Gasteiger partial charge >= 0.3 is 5.97 Å². The molecule has 27 heavy (non-hydrogen) atoms. The van der Waals surface area contributed by atoms with Gasteiger partial charge in [0, 0.05) is 11.3 Å². The Hall–Kier alpha value is -2.87. The first-order valence-electron chi connectivity index (χ1n) is 8.15. The fourth-order valence-corrected chi connectivity index (χ4v) is 2.86. The molecule has 0 spiro atoms. The molecule has 8 heteroatoms. The Morgan fingerprint density at radius 1 is 1.07 bits per heavy atom. The third-order valence-corrected chi connectivity index (χ3v) is 4.20. The van der Waals surface area contributed by atoms with Crippen LogP contribution in [0.15, 0.2) is 48.5 Å². The minimum absolute atomic E-state index is 0.300. The van der Waals surface area contributed by atoms with E-state index in [0.717, 1.165) is 11.8 Å². The van der Waals surface area contributed by atoms with E-state index < -0.39 is 27.9 Å². The number of benzene rings is 2. The summed E-state index contributed by atoms with van der Waals surface area (Å²) in [6, 6.07) is 13.1. The van der Waals surface area contributed by atoms with Crippen molar-refractivity contribution in [2.75, 3.05) is 17.6 Å². The zero-order valence-electron chi connectivity index (χ0n) is 15.3. The van der Waals surface area contributed by atoms with E-state index in [0.29, 0.717) is 17.0 Å². The second kappa shape index (κ2) is 8.68. The third kappa shape index (κ3) is 6.41. The summed E-state index contributed by atoms with van der Waals surface area (Å²) in [6.07, 6.45) is 0.0405. The van der Waals surface area contributed by atoms with Crippen molar-refractivity contribution in [3.63, 3.8) is 0 Å². The number of sulfonamides is 1. The zero-order chi connectivity index (χ0) is 20.0. The lowest BCUT2D eigenvalue weighted by Crippen LogP contribution is -2.27. The van der Waals surface area contributed by atoms with Crippen molar-refractivity contribution in [2.24, 2.45) is 0 Å². The average molecular weight is 391 g/mol. The van der Waals surface area contributed by atoms with E-state index in [1.807, 2.05) is 19.1 Å². The standard InChI is InChI=1S/C19H21NO6S/c1-13-6-4-5-7-17(13)25-12-18(21)26-14(2)19(22)15-8-10-16(11-9-15)20-27(3,23)24/h4-11,14,20H,12H2,1-3H3/t14-/m0/s1. The van der Waals surface area contributed by atoms with Gasteiger partial charge in [-0.3, -0.25) is 9.52 Å². The quantitative estimate of drug-likeness (QED) is 0.548. The molecule has 2 rings (SSSR count). The highest BCUT2D eigenvalue weighted by molar-refractivity contribution is 7.92. The lowest BCUT2D eigenvalue weighted by Gasteiger charge is -2.14. The maximum Gasteiger partial charge on any atom is 0.344 e. The molecule has 7 nitrogen and oxygen atoms in total. The molecule has 0 aromatic heterocycles. The normalized spacial score (nSPS) is 12.1. The van der Waals surface area contributed by atoms with Crippen LogP contribution in [0.5, 0.6) is 5.75 Å². The summed E-state index contributed by atoms with van der Waals surface area (Å²) in [4.78, 5) is 24.3. The Labute approximate surface area is 158 Å². The molecule has 0 aliphatic heterocycles. The molecular weight excluding hydrogens is 370 g/mol. The molecule has 1 atom stereocenters. The van der Waals surface area contributed by atoms with Gasteiger partial charge in [-0.05, 0) is 49.7 Å². The van der Waals surface area contributed by atoms with Gasteiger partial charge in [0.15, 0.2) is 12.7 Å². The molecule has 1 N–H and O–H groups in total. The van der Waals surface area contributed by atoms with Crippen molar-refractivity contribution in [1.82, 2.24) is 0 Å². The monoisotopic (exact) mass is 391 g/mol. The van der Waals surface area contributed by atoms with Crippen molar-refractivity contribution in [1.29, 1.82) is 0 Å². The number of carbonyl (C=O) groups excluding carboxylic acids is 2. The topological polar surface area (TPSA) is 98.8 Å². The van der Waals surface area contributed by atoms with E-state index in [1.165, 1.54) is 31.2 Å². The number of Topliss-reactive ketones (excluding diaryl/α,β-unsaturated/α-hetero) is 1. The molecule has 0 bridgehead atoms. The highest BCUT2D eigenvalue weighted by Gasteiger charge is 2.20. The predicted molar refractivity (Wildman–Crippen MR) is 101 cm³/mol. The highest BCUT2D eigenvalue weighted by atomic mass is 32.2. The Kier molecular flexibility index (Phi) is 6.57. The summed E-state index contributed by atoms with van der Waals surface area (Å²) in [5, 5.41) is 0. The van der Waals surface area contributed by atoms with E-state index in [-0.39, 0.29) is 6.61 Å². The summed E-state index contributed by atoms with van der Waals surface area (Å²) in [7, 11) is -3.39. The van der Waals surface area contributed by atoms with Gasteiger partial charge in [0.1, 0.15) is 5.75 Å². The Bertz CT molecular complexity index is 921. The first-order chi connectivity index (χ1) is 12.7. The van der Waals surface area contributed by atoms with Gasteiger partial charge in [-0.25, -0.2) is 13.2 Å². The Morgan fingerprint density at radius 2 is 1.70 bits per heavy atom. The van der Waals surface area contributed by atoms with E-state index >= 15 is 0 Å². The molecule has 0 saturated heterocycles. The van der Waals surface area contributed by atoms with Gasteiger partial charge in [-0.1, -0.05) is 18.2 Å². The van der Waals surface area contributed by atoms with Crippen LogP contribution in [0.4, 0.5) is 5.69 Å². The number of ketones is 1. The number of ether oxygens (including phenoxy) is 2. The molecule has 0 radical (unpaired) electrons. The molecule has 2 aromatic carbocycles. The van der Waals surface area contributed by atoms with Crippen molar-refractivity contribution in [2.45, 2.75) is 20.0 Å². The SMILES string of the molecule is Cc1ccccc1OCC(=O)O[C@@H](C)C(=O)c1ccc(NS(C)(=O)=O)cc1. The van der Waals surface area contributed by atoms with Gasteiger partial charge in [0.2, 0.25) is 15.8 Å². The van der Waals surface area contributed by atoms with Gasteiger partial charge in [-0.15, -0.1) is 0 Å². The maximum absolute atomic E-state index is 12.3. The summed E-state index contributed by atoms with van der Waals surface area (Å²) < 4.78 is 35.2. The fourth-order valence-electron chi connectivity index (χ4n) is 2.29. The van der Waals surface area contributed by atoms with Crippen LogP contribution in [0.1, 0.15) is 22.8 Å². The number of carbonyl (C=O) groups is 2. The predicted octanol–water partition coefficient (Wildman–Crippen LogP) is 2.56. The minimum atomic E-state index is -3.39. The first-order valence-corrected chi connectivity index (χ1v) is 10.0. The van der Waals surface area contributed by atoms with Crippen LogP contribution in [-0.4, -0.2) is 39.1 Å². The average Bonchev–Trinajstić information content (AvgIpc) is 2.59. The van der Waals surface area contributed by atoms with E-state index in [1.54, 1.807) is 12.1 Å². The minimum Gasteiger partial charge on any atom is -0.482 e. The van der Waals surface area contributed by atoms with Gasteiger partial charge in [0.05, 0.1) is 6.26 Å². The highest BCUT2D eigenvalue weighted by Crippen LogP contribution is 2.16. The maximum atomic E-state index is 12.3. The lowest BCUT2D eigenvalue weighted by atomic mass is 10.1. The lowest BCUT2D eigenvalue weighted by molar-refractivity contribution is -0.148. The summed E-state index contributed by atoms with van der Waals surface area (Å²) in [5.41, 5.74) is 1.52. The van der Waals surface area contributed by atoms with Gasteiger partial charge < -0.3 is 9.47 Å². The molecule has 0 amide bonds. The smallest absolute Gasteiger partial charge is 0.344 e. The van der Waals surface area contributed by atoms with E-state index in [9.17, 15) is 18.0 Å². The number of anilines is 1. The van der Waals surface area contributed by atoms with Gasteiger partial charge in [-0.2, -0.15) is 0 Å². The number of para-hydroxylation sites is 1. The molecule has 2 aromatic rings. The Balaban J connectivity index is 1.91. The van der Waals surface area contributed by atoms with Crippen molar-refractivity contribution in [3.05, 3.63) is 59.7 Å². The number of hydrogen-bond donors (Lipinski definition) is 1. The number of rotatable bonds is 8. The number of hydrogen-bond acceptors (Lipinski definition) is 6. The van der Waals surface area contributed by atoms with Crippen LogP contribution in [0, 0.1) is 6.92 Å². The van der Waals surface area contributed by atoms with Crippen LogP contribution in [0.3, 0.4) is 0 Å². The molecule has 0 aliphatic carbocycles. The zero-order valence-corrected chi connectivity index (χ0v) is 16.1. The number of nitrogens with one attached hydrogen (secondary N) is 1. The molecule has 0 unspecified atom stereocenters. The number of aryl methyl sites for hydroxylation is 1. The summed E-state index contributed by atoms with van der Waals surface area (Å²) in [5.74, 6) is -0.484. The molecule has 0 saturated carbocycles. The van der Waals surface area contributed by atoms with Crippen molar-refractivity contribution < 1.29 is 27.5 Å². The van der Waals surface area contributed by atoms with E-state index in [4.69, 9.17) is 9.47 Å². The fraction of sp³-hybridized carbons (Fsp3) is 0.263. The Morgan fingerprint density at radius 3 is 2.30 bits per heavy atom. The van der Waals surface area contributed by atoms with Crippen LogP contribution in [0.2, 0.25) is 0 Å². The second-order valence-corrected chi connectivity index (χ2v) is 7.75. The molecular formula is C19H21NO6S. The van der Waals surface area contributed by atoms with Crippen molar-refractivity contribution in [3.8, 4) is 5.75 Å². The van der Waals surface area contributed by atoms with Gasteiger partial charge in [0.25, 0.3) is 0 Å². The molecule has 0 fully saturated rings. The second-order valence-electron chi connectivity index (χ2n) is 6.00. The summed E-state index contributed by atoms with van der Waals surface area (Å²) >= 11 is 0. The summed E-state index contributed by atoms with van der Waals surface area (Å²) in [6.45, 7) is 3.02. The van der Waals surface area contributed by atoms with Crippen LogP contribution < -0.4 is 9.46 Å². The van der Waals surface area contributed by atoms with Crippen LogP contribution >= 0.6 is 0 Å². The largest absolute Gasteiger partial charge is 0.482 e. The van der Waals surface area contributed by atoms with Crippen LogP contribution in [0.25, 0.3) is 0 Å².